The largest absolute Gasteiger partial charge is 0.325 e. The van der Waals surface area contributed by atoms with Crippen molar-refractivity contribution in [3.8, 4) is 11.4 Å². The first-order valence-electron chi connectivity index (χ1n) is 8.74. The third-order valence-electron chi connectivity index (χ3n) is 5.12. The van der Waals surface area contributed by atoms with Gasteiger partial charge in [0, 0.05) is 13.1 Å². The van der Waals surface area contributed by atoms with Crippen molar-refractivity contribution in [2.24, 2.45) is 11.1 Å². The van der Waals surface area contributed by atoms with E-state index in [9.17, 15) is 18.0 Å². The number of rotatable bonds is 5. The monoisotopic (exact) mass is 394 g/mol. The van der Waals surface area contributed by atoms with Crippen molar-refractivity contribution in [2.75, 3.05) is 14.2 Å². The van der Waals surface area contributed by atoms with Crippen LogP contribution in [0.4, 0.5) is 13.2 Å². The van der Waals surface area contributed by atoms with Gasteiger partial charge < -0.3 is 5.73 Å². The second kappa shape index (κ2) is 7.84. The Balaban J connectivity index is 1.96. The predicted molar refractivity (Wildman–Crippen MR) is 95.4 cm³/mol. The van der Waals surface area contributed by atoms with Gasteiger partial charge in [-0.05, 0) is 37.0 Å². The smallest absolute Gasteiger partial charge is 0.252 e. The quantitative estimate of drug-likeness (QED) is 0.788. The van der Waals surface area contributed by atoms with E-state index in [1.165, 1.54) is 32.4 Å². The topological polar surface area (TPSA) is 81.3 Å². The van der Waals surface area contributed by atoms with Gasteiger partial charge in [0.25, 0.3) is 5.91 Å². The van der Waals surface area contributed by atoms with Crippen LogP contribution in [-0.2, 0) is 16.1 Å². The first-order chi connectivity index (χ1) is 13.3. The molecule has 0 aliphatic heterocycles. The molecule has 1 fully saturated rings. The summed E-state index contributed by atoms with van der Waals surface area (Å²) in [5.41, 5.74) is 5.39. The molecule has 28 heavy (non-hydrogen) atoms. The van der Waals surface area contributed by atoms with Gasteiger partial charge in [0.1, 0.15) is 12.0 Å². The lowest BCUT2D eigenvalue weighted by molar-refractivity contribution is -0.180. The number of nitrogens with zero attached hydrogens (tertiary/aromatic N) is 3. The number of nitrogens with two attached hydrogens (primary N) is 1. The molecule has 1 amide bonds. The van der Waals surface area contributed by atoms with Gasteiger partial charge in [-0.15, -0.1) is 0 Å². The molecule has 2 aromatic rings. The molecule has 1 aromatic carbocycles. The van der Waals surface area contributed by atoms with Crippen molar-refractivity contribution in [1.29, 1.82) is 0 Å². The molecule has 1 aliphatic carbocycles. The van der Waals surface area contributed by atoms with Crippen molar-refractivity contribution < 1.29 is 22.8 Å². The molecule has 3 rings (SSSR count). The van der Waals surface area contributed by atoms with E-state index in [1.54, 1.807) is 0 Å². The maximum Gasteiger partial charge on any atom is 0.252 e. The zero-order valence-corrected chi connectivity index (χ0v) is 15.5. The molecule has 1 aliphatic rings. The highest BCUT2D eigenvalue weighted by Crippen LogP contribution is 2.43. The van der Waals surface area contributed by atoms with Crippen molar-refractivity contribution >= 4 is 5.91 Å². The number of carbonyl (C=O) groups excluding carboxylic acids is 1. The summed E-state index contributed by atoms with van der Waals surface area (Å²) in [6, 6.07) is 3.45. The summed E-state index contributed by atoms with van der Waals surface area (Å²) in [5, 5.41) is 1.05. The Bertz CT molecular complexity index is 853. The van der Waals surface area contributed by atoms with Gasteiger partial charge in [-0.1, -0.05) is 6.07 Å². The van der Waals surface area contributed by atoms with Crippen molar-refractivity contribution in [2.45, 2.75) is 31.5 Å². The van der Waals surface area contributed by atoms with Crippen LogP contribution in [0.15, 0.2) is 30.6 Å². The van der Waals surface area contributed by atoms with Crippen molar-refractivity contribution in [1.82, 2.24) is 15.0 Å². The molecule has 0 radical (unpaired) electrons. The molecular weight excluding hydrogens is 373 g/mol. The van der Waals surface area contributed by atoms with E-state index in [0.29, 0.717) is 5.56 Å². The van der Waals surface area contributed by atoms with Crippen LogP contribution in [-0.4, -0.2) is 47.3 Å². The Morgan fingerprint density at radius 1 is 1.32 bits per heavy atom. The van der Waals surface area contributed by atoms with E-state index in [2.05, 4.69) is 9.97 Å². The molecule has 1 heterocycles. The summed E-state index contributed by atoms with van der Waals surface area (Å²) in [5.74, 6) is -1.60. The van der Waals surface area contributed by atoms with E-state index >= 15 is 0 Å². The molecule has 6 nitrogen and oxygen atoms in total. The van der Waals surface area contributed by atoms with Crippen molar-refractivity contribution in [3.05, 3.63) is 47.8 Å². The first-order valence-corrected chi connectivity index (χ1v) is 8.74. The summed E-state index contributed by atoms with van der Waals surface area (Å²) in [4.78, 5) is 25.5. The van der Waals surface area contributed by atoms with Crippen LogP contribution in [0.5, 0.6) is 0 Å². The van der Waals surface area contributed by atoms with Crippen LogP contribution in [0, 0.1) is 17.0 Å². The summed E-state index contributed by atoms with van der Waals surface area (Å²) < 4.78 is 41.6. The molecule has 1 saturated carbocycles. The second-order valence-electron chi connectivity index (χ2n) is 7.07. The number of benzene rings is 1. The van der Waals surface area contributed by atoms with E-state index in [-0.39, 0.29) is 30.7 Å². The standard InChI is InChI=1S/C19H21F3N4O2/c1-26(28-2)18(27)19(7-15(22)16(23)8-19)6-11-3-4-14(21)13(5-11)17-24-9-12(20)10-25-17/h3-5,9-10,15-16H,6-8,23H2,1-2H3/t15-,16+,19-/m0/s1. The van der Waals surface area contributed by atoms with Gasteiger partial charge >= 0.3 is 0 Å². The third-order valence-corrected chi connectivity index (χ3v) is 5.12. The fourth-order valence-corrected chi connectivity index (χ4v) is 3.69. The van der Waals surface area contributed by atoms with Crippen LogP contribution in [0.25, 0.3) is 11.4 Å². The van der Waals surface area contributed by atoms with Crippen molar-refractivity contribution in [3.63, 3.8) is 0 Å². The van der Waals surface area contributed by atoms with Crippen LogP contribution < -0.4 is 5.73 Å². The molecular formula is C19H21F3N4O2. The maximum absolute atomic E-state index is 14.3. The number of alkyl halides is 1. The molecule has 3 atom stereocenters. The zero-order chi connectivity index (χ0) is 20.5. The van der Waals surface area contributed by atoms with E-state index in [0.717, 1.165) is 17.5 Å². The summed E-state index contributed by atoms with van der Waals surface area (Å²) >= 11 is 0. The summed E-state index contributed by atoms with van der Waals surface area (Å²) in [6.07, 6.45) is 0.783. The van der Waals surface area contributed by atoms with Crippen LogP contribution in [0.1, 0.15) is 18.4 Å². The highest BCUT2D eigenvalue weighted by atomic mass is 19.1. The van der Waals surface area contributed by atoms with Gasteiger partial charge in [-0.2, -0.15) is 0 Å². The van der Waals surface area contributed by atoms with Gasteiger partial charge in [-0.3, -0.25) is 9.63 Å². The SMILES string of the molecule is CON(C)C(=O)[C@]1(Cc2ccc(F)c(-c3ncc(F)cn3)c2)C[C@@H](N)[C@@H](F)C1. The molecule has 1 aromatic heterocycles. The average molecular weight is 394 g/mol. The van der Waals surface area contributed by atoms with E-state index < -0.39 is 35.2 Å². The van der Waals surface area contributed by atoms with E-state index in [1.807, 2.05) is 0 Å². The molecule has 9 heteroatoms. The molecule has 0 unspecified atom stereocenters. The number of hydroxylamine groups is 2. The van der Waals surface area contributed by atoms with E-state index in [4.69, 9.17) is 10.6 Å². The summed E-state index contributed by atoms with van der Waals surface area (Å²) in [6.45, 7) is 0. The Labute approximate surface area is 160 Å². The highest BCUT2D eigenvalue weighted by Gasteiger charge is 2.50. The first kappa shape index (κ1) is 20.2. The molecule has 0 spiro atoms. The third kappa shape index (κ3) is 3.85. The minimum Gasteiger partial charge on any atom is -0.325 e. The number of hydrogen-bond acceptors (Lipinski definition) is 5. The molecule has 0 saturated heterocycles. The fraction of sp³-hybridized carbons (Fsp3) is 0.421. The zero-order valence-electron chi connectivity index (χ0n) is 15.5. The molecule has 150 valence electrons. The number of amides is 1. The lowest BCUT2D eigenvalue weighted by atomic mass is 9.78. The number of aromatic nitrogens is 2. The normalized spacial score (nSPS) is 24.4. The van der Waals surface area contributed by atoms with Gasteiger partial charge in [0.15, 0.2) is 11.6 Å². The average Bonchev–Trinajstić information content (AvgIpc) is 2.97. The van der Waals surface area contributed by atoms with Gasteiger partial charge in [0.2, 0.25) is 0 Å². The number of hydrogen-bond donors (Lipinski definition) is 1. The summed E-state index contributed by atoms with van der Waals surface area (Å²) in [7, 11) is 2.79. The number of halogens is 3. The van der Waals surface area contributed by atoms with Gasteiger partial charge in [-0.25, -0.2) is 28.2 Å². The fourth-order valence-electron chi connectivity index (χ4n) is 3.69. The van der Waals surface area contributed by atoms with Gasteiger partial charge in [0.05, 0.1) is 30.5 Å². The number of carbonyl (C=O) groups is 1. The Morgan fingerprint density at radius 3 is 2.57 bits per heavy atom. The Kier molecular flexibility index (Phi) is 5.66. The molecule has 2 N–H and O–H groups in total. The van der Waals surface area contributed by atoms with Crippen LogP contribution in [0.2, 0.25) is 0 Å². The lowest BCUT2D eigenvalue weighted by Crippen LogP contribution is -2.42. The lowest BCUT2D eigenvalue weighted by Gasteiger charge is -2.31. The van der Waals surface area contributed by atoms with Crippen LogP contribution in [0.3, 0.4) is 0 Å². The molecule has 0 bridgehead atoms. The predicted octanol–water partition coefficient (Wildman–Crippen LogP) is 2.43. The second-order valence-corrected chi connectivity index (χ2v) is 7.07. The Morgan fingerprint density at radius 2 is 2.00 bits per heavy atom. The highest BCUT2D eigenvalue weighted by molar-refractivity contribution is 5.82. The minimum absolute atomic E-state index is 0.0154. The maximum atomic E-state index is 14.3. The minimum atomic E-state index is -1.32. The Hall–Kier alpha value is -2.52. The van der Waals surface area contributed by atoms with Crippen LogP contribution >= 0.6 is 0 Å².